The number of esters is 1. The smallest absolute Gasteiger partial charge is 0.344 e. The van der Waals surface area contributed by atoms with Gasteiger partial charge in [-0.05, 0) is 6.07 Å². The second kappa shape index (κ2) is 3.01. The van der Waals surface area contributed by atoms with E-state index in [1.165, 1.54) is 19.5 Å². The summed E-state index contributed by atoms with van der Waals surface area (Å²) in [7, 11) is 1.29. The third-order valence-electron chi connectivity index (χ3n) is 1.21. The molecule has 0 unspecified atom stereocenters. The Balaban J connectivity index is 2.96. The van der Waals surface area contributed by atoms with Gasteiger partial charge in [-0.3, -0.25) is 5.21 Å². The average molecular weight is 154 g/mol. The van der Waals surface area contributed by atoms with Crippen LogP contribution in [0.1, 0.15) is 10.4 Å². The summed E-state index contributed by atoms with van der Waals surface area (Å²) in [4.78, 5) is 10.8. The van der Waals surface area contributed by atoms with E-state index in [0.717, 1.165) is 4.73 Å². The number of carbonyl (C=O) groups is 1. The number of nitrogens with zero attached hydrogens (tertiary/aromatic N) is 1. The Morgan fingerprint density at radius 1 is 1.73 bits per heavy atom. The number of pyridine rings is 1. The average Bonchev–Trinajstić information content (AvgIpc) is 2.03. The van der Waals surface area contributed by atoms with Crippen molar-refractivity contribution in [3.05, 3.63) is 30.1 Å². The Kier molecular flexibility index (Phi) is 2.06. The minimum Gasteiger partial charge on any atom is -0.465 e. The van der Waals surface area contributed by atoms with Crippen LogP contribution in [0.15, 0.2) is 24.5 Å². The van der Waals surface area contributed by atoms with Crippen LogP contribution in [-0.4, -0.2) is 18.3 Å². The summed E-state index contributed by atoms with van der Waals surface area (Å²) >= 11 is 0. The highest BCUT2D eigenvalue weighted by molar-refractivity contribution is 5.88. The van der Waals surface area contributed by atoms with Crippen molar-refractivity contribution in [3.63, 3.8) is 0 Å². The van der Waals surface area contributed by atoms with E-state index in [1.807, 2.05) is 0 Å². The van der Waals surface area contributed by atoms with Gasteiger partial charge in [0, 0.05) is 10.8 Å². The monoisotopic (exact) mass is 154 g/mol. The van der Waals surface area contributed by atoms with E-state index in [1.54, 1.807) is 12.1 Å². The first-order valence-corrected chi connectivity index (χ1v) is 3.03. The summed E-state index contributed by atoms with van der Waals surface area (Å²) in [6, 6.07) is 3.10. The molecule has 11 heavy (non-hydrogen) atoms. The Labute approximate surface area is 63.6 Å². The topological polar surface area (TPSA) is 50.4 Å². The van der Waals surface area contributed by atoms with Crippen molar-refractivity contribution in [2.24, 2.45) is 0 Å². The van der Waals surface area contributed by atoms with E-state index < -0.39 is 5.97 Å². The van der Waals surface area contributed by atoms with E-state index in [2.05, 4.69) is 4.74 Å². The van der Waals surface area contributed by atoms with Gasteiger partial charge in [0.2, 0.25) is 12.4 Å². The van der Waals surface area contributed by atoms with Gasteiger partial charge >= 0.3 is 5.97 Å². The highest BCUT2D eigenvalue weighted by Crippen LogP contribution is 1.95. The van der Waals surface area contributed by atoms with Crippen LogP contribution in [0.2, 0.25) is 0 Å². The predicted molar refractivity (Wildman–Crippen MR) is 35.2 cm³/mol. The highest BCUT2D eigenvalue weighted by atomic mass is 16.5. The maximum Gasteiger partial charge on any atom is 0.344 e. The molecule has 0 aliphatic heterocycles. The summed E-state index contributed by atoms with van der Waals surface area (Å²) in [6.45, 7) is 0. The zero-order chi connectivity index (χ0) is 8.27. The summed E-state index contributed by atoms with van der Waals surface area (Å²) in [5.41, 5.74) is 0.317. The van der Waals surface area contributed by atoms with E-state index in [0.29, 0.717) is 5.56 Å². The summed E-state index contributed by atoms with van der Waals surface area (Å²) in [5.74, 6) is -0.464. The first kappa shape index (κ1) is 7.53. The van der Waals surface area contributed by atoms with Crippen LogP contribution in [-0.2, 0) is 4.74 Å². The van der Waals surface area contributed by atoms with E-state index >= 15 is 0 Å². The molecule has 0 saturated heterocycles. The van der Waals surface area contributed by atoms with Crippen LogP contribution in [0, 0.1) is 0 Å². The molecule has 0 bridgehead atoms. The van der Waals surface area contributed by atoms with Crippen molar-refractivity contribution in [2.75, 3.05) is 7.11 Å². The van der Waals surface area contributed by atoms with Crippen LogP contribution in [0.3, 0.4) is 0 Å². The first-order chi connectivity index (χ1) is 5.24. The summed E-state index contributed by atoms with van der Waals surface area (Å²) in [6.07, 6.45) is 2.68. The quantitative estimate of drug-likeness (QED) is 0.352. The number of methoxy groups -OCH3 is 1. The van der Waals surface area contributed by atoms with Crippen molar-refractivity contribution in [2.45, 2.75) is 0 Å². The predicted octanol–water partition coefficient (Wildman–Crippen LogP) is -0.00200. The molecule has 4 heteroatoms. The number of rotatable bonds is 1. The molecular formula is C7H8NO3+. The molecule has 0 fully saturated rings. The standard InChI is InChI=1S/C7H8NO3/c1-11-7(9)6-3-2-4-8(10)5-6/h2-5,10H,1H3/q+1. The van der Waals surface area contributed by atoms with Gasteiger partial charge in [0.1, 0.15) is 5.56 Å². The molecule has 1 aromatic heterocycles. The number of aromatic nitrogens is 1. The van der Waals surface area contributed by atoms with Crippen LogP contribution in [0.25, 0.3) is 0 Å². The molecule has 0 spiro atoms. The lowest BCUT2D eigenvalue weighted by Crippen LogP contribution is -2.29. The maximum absolute atomic E-state index is 10.8. The largest absolute Gasteiger partial charge is 0.465 e. The molecule has 0 aromatic carbocycles. The van der Waals surface area contributed by atoms with Crippen LogP contribution < -0.4 is 4.73 Å². The second-order valence-corrected chi connectivity index (χ2v) is 1.96. The van der Waals surface area contributed by atoms with Gasteiger partial charge in [0.25, 0.3) is 0 Å². The number of hydrogen-bond acceptors (Lipinski definition) is 3. The lowest BCUT2D eigenvalue weighted by Gasteiger charge is -1.93. The Hall–Kier alpha value is -1.58. The highest BCUT2D eigenvalue weighted by Gasteiger charge is 2.08. The molecule has 0 radical (unpaired) electrons. The zero-order valence-corrected chi connectivity index (χ0v) is 6.02. The zero-order valence-electron chi connectivity index (χ0n) is 6.02. The SMILES string of the molecule is COC(=O)c1ccc[n+](O)c1. The fourth-order valence-corrected chi connectivity index (χ4v) is 0.702. The fourth-order valence-electron chi connectivity index (χ4n) is 0.702. The van der Waals surface area contributed by atoms with Gasteiger partial charge in [0.05, 0.1) is 7.11 Å². The van der Waals surface area contributed by atoms with Crippen molar-refractivity contribution < 1.29 is 19.5 Å². The van der Waals surface area contributed by atoms with Gasteiger partial charge in [-0.25, -0.2) is 4.79 Å². The molecule has 58 valence electrons. The van der Waals surface area contributed by atoms with Crippen LogP contribution in [0.4, 0.5) is 0 Å². The lowest BCUT2D eigenvalue weighted by molar-refractivity contribution is -0.904. The first-order valence-electron chi connectivity index (χ1n) is 3.03. The van der Waals surface area contributed by atoms with Crippen LogP contribution in [0.5, 0.6) is 0 Å². The lowest BCUT2D eigenvalue weighted by atomic mass is 10.3. The fraction of sp³-hybridized carbons (Fsp3) is 0.143. The third kappa shape index (κ3) is 1.67. The van der Waals surface area contributed by atoms with Crippen molar-refractivity contribution in [3.8, 4) is 0 Å². The molecular weight excluding hydrogens is 146 g/mol. The van der Waals surface area contributed by atoms with E-state index in [4.69, 9.17) is 5.21 Å². The third-order valence-corrected chi connectivity index (χ3v) is 1.21. The summed E-state index contributed by atoms with van der Waals surface area (Å²) < 4.78 is 5.23. The van der Waals surface area contributed by atoms with Crippen molar-refractivity contribution in [1.29, 1.82) is 0 Å². The molecule has 1 rings (SSSR count). The van der Waals surface area contributed by atoms with Gasteiger partial charge in [-0.2, -0.15) is 0 Å². The van der Waals surface area contributed by atoms with Crippen molar-refractivity contribution in [1.82, 2.24) is 0 Å². The van der Waals surface area contributed by atoms with Crippen molar-refractivity contribution >= 4 is 5.97 Å². The van der Waals surface area contributed by atoms with Gasteiger partial charge in [0.15, 0.2) is 0 Å². The van der Waals surface area contributed by atoms with E-state index in [-0.39, 0.29) is 0 Å². The molecule has 1 aromatic rings. The number of ether oxygens (including phenoxy) is 1. The number of hydrogen-bond donors (Lipinski definition) is 1. The minimum absolute atomic E-state index is 0.317. The number of carbonyl (C=O) groups excluding carboxylic acids is 1. The maximum atomic E-state index is 10.8. The Morgan fingerprint density at radius 2 is 2.45 bits per heavy atom. The Bertz CT molecular complexity index is 272. The normalized spacial score (nSPS) is 9.18. The molecule has 0 atom stereocenters. The molecule has 0 saturated carbocycles. The molecule has 0 aliphatic carbocycles. The van der Waals surface area contributed by atoms with Gasteiger partial charge in [-0.1, -0.05) is 0 Å². The molecule has 4 nitrogen and oxygen atoms in total. The molecule has 0 aliphatic rings. The van der Waals surface area contributed by atoms with Gasteiger partial charge < -0.3 is 4.74 Å². The second-order valence-electron chi connectivity index (χ2n) is 1.96. The van der Waals surface area contributed by atoms with Crippen LogP contribution >= 0.6 is 0 Å². The minimum atomic E-state index is -0.464. The van der Waals surface area contributed by atoms with E-state index in [9.17, 15) is 4.79 Å². The summed E-state index contributed by atoms with van der Waals surface area (Å²) in [5, 5.41) is 8.87. The molecule has 1 heterocycles. The van der Waals surface area contributed by atoms with Gasteiger partial charge in [-0.15, -0.1) is 0 Å². The Morgan fingerprint density at radius 3 is 3.00 bits per heavy atom. The molecule has 1 N–H and O–H groups in total. The molecule has 0 amide bonds.